The molecule has 1 aliphatic rings. The molecule has 0 radical (unpaired) electrons. The van der Waals surface area contributed by atoms with Gasteiger partial charge in [0.2, 0.25) is 0 Å². The normalized spacial score (nSPS) is 17.4. The Morgan fingerprint density at radius 3 is 2.88 bits per heavy atom. The highest BCUT2D eigenvalue weighted by Gasteiger charge is 2.23. The van der Waals surface area contributed by atoms with E-state index in [-0.39, 0.29) is 11.9 Å². The van der Waals surface area contributed by atoms with Gasteiger partial charge in [0.15, 0.2) is 0 Å². The summed E-state index contributed by atoms with van der Waals surface area (Å²) in [5.74, 6) is 0.757. The van der Waals surface area contributed by atoms with Crippen LogP contribution in [0.4, 0.5) is 4.39 Å². The van der Waals surface area contributed by atoms with E-state index < -0.39 is 0 Å². The molecular weight excluding hydrogens is 269 g/mol. The van der Waals surface area contributed by atoms with Crippen molar-refractivity contribution in [2.75, 3.05) is 7.05 Å². The van der Waals surface area contributed by atoms with Gasteiger partial charge in [-0.05, 0) is 49.6 Å². The summed E-state index contributed by atoms with van der Waals surface area (Å²) >= 11 is 3.49. The van der Waals surface area contributed by atoms with Crippen molar-refractivity contribution in [2.45, 2.75) is 31.7 Å². The first kappa shape index (κ1) is 12.1. The molecule has 0 amide bonds. The first-order chi connectivity index (χ1) is 7.70. The van der Waals surface area contributed by atoms with Crippen LogP contribution in [-0.2, 0) is 0 Å². The minimum absolute atomic E-state index is 0.162. The lowest BCUT2D eigenvalue weighted by Gasteiger charge is -2.18. The maximum absolute atomic E-state index is 13.2. The second-order valence-corrected chi connectivity index (χ2v) is 5.38. The summed E-state index contributed by atoms with van der Waals surface area (Å²) in [6.45, 7) is 0. The highest BCUT2D eigenvalue weighted by molar-refractivity contribution is 9.10. The van der Waals surface area contributed by atoms with Crippen LogP contribution in [0, 0.1) is 11.7 Å². The van der Waals surface area contributed by atoms with Crippen LogP contribution in [-0.4, -0.2) is 7.05 Å². The van der Waals surface area contributed by atoms with E-state index in [1.54, 1.807) is 12.1 Å². The van der Waals surface area contributed by atoms with Gasteiger partial charge in [-0.25, -0.2) is 4.39 Å². The fourth-order valence-electron chi connectivity index (χ4n) is 2.05. The molecule has 1 aromatic carbocycles. The molecular formula is C13H17BrFN. The number of hydrogen-bond donors (Lipinski definition) is 1. The van der Waals surface area contributed by atoms with Gasteiger partial charge < -0.3 is 5.32 Å². The van der Waals surface area contributed by atoms with E-state index >= 15 is 0 Å². The van der Waals surface area contributed by atoms with E-state index in [1.165, 1.54) is 25.3 Å². The minimum atomic E-state index is -0.162. The van der Waals surface area contributed by atoms with Gasteiger partial charge in [0, 0.05) is 10.5 Å². The van der Waals surface area contributed by atoms with Crippen molar-refractivity contribution in [3.05, 3.63) is 34.1 Å². The summed E-state index contributed by atoms with van der Waals surface area (Å²) in [6, 6.07) is 5.15. The lowest BCUT2D eigenvalue weighted by Crippen LogP contribution is -2.17. The molecule has 88 valence electrons. The highest BCUT2D eigenvalue weighted by atomic mass is 79.9. The molecule has 16 heavy (non-hydrogen) atoms. The summed E-state index contributed by atoms with van der Waals surface area (Å²) in [5.41, 5.74) is 1.03. The topological polar surface area (TPSA) is 12.0 Å². The van der Waals surface area contributed by atoms with Gasteiger partial charge in [-0.3, -0.25) is 0 Å². The zero-order valence-corrected chi connectivity index (χ0v) is 11.1. The Balaban J connectivity index is 2.07. The lowest BCUT2D eigenvalue weighted by atomic mass is 10.0. The number of nitrogens with one attached hydrogen (secondary N) is 1. The summed E-state index contributed by atoms with van der Waals surface area (Å²) in [6.07, 6.45) is 5.08. The first-order valence-electron chi connectivity index (χ1n) is 5.83. The molecule has 1 nitrogen and oxygen atoms in total. The second-order valence-electron chi connectivity index (χ2n) is 4.53. The Morgan fingerprint density at radius 1 is 1.50 bits per heavy atom. The molecule has 0 aromatic heterocycles. The molecule has 0 saturated heterocycles. The molecule has 1 saturated carbocycles. The van der Waals surface area contributed by atoms with Crippen LogP contribution < -0.4 is 5.32 Å². The van der Waals surface area contributed by atoms with Gasteiger partial charge in [-0.2, -0.15) is 0 Å². The zero-order valence-electron chi connectivity index (χ0n) is 9.47. The summed E-state index contributed by atoms with van der Waals surface area (Å²) in [5, 5.41) is 3.27. The van der Waals surface area contributed by atoms with Crippen molar-refractivity contribution >= 4 is 15.9 Å². The quantitative estimate of drug-likeness (QED) is 0.861. The van der Waals surface area contributed by atoms with Crippen LogP contribution in [0.3, 0.4) is 0 Å². The standard InChI is InChI=1S/C13H17BrFN/c1-16-13(7-4-9-2-3-9)11-8-10(15)5-6-12(11)14/h5-6,8-9,13,16H,2-4,7H2,1H3. The average Bonchev–Trinajstić information content (AvgIpc) is 3.07. The van der Waals surface area contributed by atoms with E-state index in [2.05, 4.69) is 21.2 Å². The highest BCUT2D eigenvalue weighted by Crippen LogP contribution is 2.36. The first-order valence-corrected chi connectivity index (χ1v) is 6.62. The van der Waals surface area contributed by atoms with Crippen LogP contribution in [0.5, 0.6) is 0 Å². The van der Waals surface area contributed by atoms with Gasteiger partial charge in [0.1, 0.15) is 5.82 Å². The molecule has 2 rings (SSSR count). The smallest absolute Gasteiger partial charge is 0.123 e. The SMILES string of the molecule is CNC(CCC1CC1)c1cc(F)ccc1Br. The molecule has 1 N–H and O–H groups in total. The van der Waals surface area contributed by atoms with Gasteiger partial charge in [0.25, 0.3) is 0 Å². The van der Waals surface area contributed by atoms with Crippen molar-refractivity contribution < 1.29 is 4.39 Å². The third-order valence-electron chi connectivity index (χ3n) is 3.24. The molecule has 0 spiro atoms. The molecule has 1 unspecified atom stereocenters. The Morgan fingerprint density at radius 2 is 2.25 bits per heavy atom. The third-order valence-corrected chi connectivity index (χ3v) is 3.96. The van der Waals surface area contributed by atoms with Gasteiger partial charge in [0.05, 0.1) is 0 Å². The Bertz CT molecular complexity index is 363. The minimum Gasteiger partial charge on any atom is -0.313 e. The summed E-state index contributed by atoms with van der Waals surface area (Å²) in [4.78, 5) is 0. The molecule has 0 heterocycles. The van der Waals surface area contributed by atoms with Crippen molar-refractivity contribution in [3.8, 4) is 0 Å². The molecule has 0 aliphatic heterocycles. The predicted molar refractivity (Wildman–Crippen MR) is 67.9 cm³/mol. The number of benzene rings is 1. The summed E-state index contributed by atoms with van der Waals surface area (Å²) < 4.78 is 14.2. The largest absolute Gasteiger partial charge is 0.313 e. The molecule has 1 aromatic rings. The van der Waals surface area contributed by atoms with Gasteiger partial charge in [-0.15, -0.1) is 0 Å². The van der Waals surface area contributed by atoms with Crippen molar-refractivity contribution in [2.24, 2.45) is 5.92 Å². The van der Waals surface area contributed by atoms with E-state index in [0.29, 0.717) is 0 Å². The van der Waals surface area contributed by atoms with Gasteiger partial charge in [-0.1, -0.05) is 28.8 Å². The van der Waals surface area contributed by atoms with E-state index in [0.717, 1.165) is 22.4 Å². The van der Waals surface area contributed by atoms with Crippen LogP contribution in [0.25, 0.3) is 0 Å². The van der Waals surface area contributed by atoms with Crippen LogP contribution >= 0.6 is 15.9 Å². The fourth-order valence-corrected chi connectivity index (χ4v) is 2.57. The lowest BCUT2D eigenvalue weighted by molar-refractivity contribution is 0.501. The van der Waals surface area contributed by atoms with Crippen molar-refractivity contribution in [1.29, 1.82) is 0 Å². The molecule has 1 fully saturated rings. The Hall–Kier alpha value is -0.410. The summed E-state index contributed by atoms with van der Waals surface area (Å²) in [7, 11) is 1.94. The van der Waals surface area contributed by atoms with E-state index in [4.69, 9.17) is 0 Å². The van der Waals surface area contributed by atoms with E-state index in [1.807, 2.05) is 7.05 Å². The number of hydrogen-bond acceptors (Lipinski definition) is 1. The monoisotopic (exact) mass is 285 g/mol. The second kappa shape index (κ2) is 5.28. The zero-order chi connectivity index (χ0) is 11.5. The predicted octanol–water partition coefficient (Wildman–Crippen LogP) is 4.04. The van der Waals surface area contributed by atoms with Crippen LogP contribution in [0.2, 0.25) is 0 Å². The molecule has 0 bridgehead atoms. The number of halogens is 2. The van der Waals surface area contributed by atoms with Crippen LogP contribution in [0.1, 0.15) is 37.3 Å². The Kier molecular flexibility index (Phi) is 3.98. The van der Waals surface area contributed by atoms with E-state index in [9.17, 15) is 4.39 Å². The maximum atomic E-state index is 13.2. The third kappa shape index (κ3) is 3.05. The molecule has 1 atom stereocenters. The molecule has 1 aliphatic carbocycles. The van der Waals surface area contributed by atoms with Crippen molar-refractivity contribution in [3.63, 3.8) is 0 Å². The Labute approximate surface area is 105 Å². The van der Waals surface area contributed by atoms with Gasteiger partial charge >= 0.3 is 0 Å². The fraction of sp³-hybridized carbons (Fsp3) is 0.538. The van der Waals surface area contributed by atoms with Crippen molar-refractivity contribution in [1.82, 2.24) is 5.32 Å². The maximum Gasteiger partial charge on any atom is 0.123 e. The number of rotatable bonds is 5. The molecule has 3 heteroatoms. The van der Waals surface area contributed by atoms with Crippen LogP contribution in [0.15, 0.2) is 22.7 Å². The average molecular weight is 286 g/mol.